The van der Waals surface area contributed by atoms with E-state index >= 15 is 0 Å². The van der Waals surface area contributed by atoms with E-state index in [0.717, 1.165) is 31.6 Å². The van der Waals surface area contributed by atoms with Crippen LogP contribution in [-0.4, -0.2) is 37.6 Å². The van der Waals surface area contributed by atoms with Gasteiger partial charge in [-0.2, -0.15) is 0 Å². The molecule has 19 heavy (non-hydrogen) atoms. The number of anilines is 2. The summed E-state index contributed by atoms with van der Waals surface area (Å²) >= 11 is 0. The summed E-state index contributed by atoms with van der Waals surface area (Å²) in [6.45, 7) is 2.01. The van der Waals surface area contributed by atoms with Crippen molar-refractivity contribution in [3.05, 3.63) is 18.2 Å². The van der Waals surface area contributed by atoms with Crippen LogP contribution in [0.5, 0.6) is 5.75 Å². The Hall–Kier alpha value is -1.91. The summed E-state index contributed by atoms with van der Waals surface area (Å²) in [5.41, 5.74) is 7.22. The van der Waals surface area contributed by atoms with Crippen LogP contribution in [0.15, 0.2) is 18.2 Å². The zero-order valence-corrected chi connectivity index (χ0v) is 11.3. The van der Waals surface area contributed by atoms with Crippen LogP contribution < -0.4 is 15.8 Å². The van der Waals surface area contributed by atoms with E-state index in [9.17, 15) is 4.79 Å². The van der Waals surface area contributed by atoms with Crippen molar-refractivity contribution in [1.29, 1.82) is 0 Å². The highest BCUT2D eigenvalue weighted by atomic mass is 16.5. The predicted octanol–water partition coefficient (Wildman–Crippen LogP) is 1.70. The number of hydrogen-bond acceptors (Lipinski definition) is 4. The zero-order chi connectivity index (χ0) is 13.7. The lowest BCUT2D eigenvalue weighted by molar-refractivity contribution is -0.130. The summed E-state index contributed by atoms with van der Waals surface area (Å²) < 4.78 is 5.15. The number of nitrogens with two attached hydrogens (primary N) is 1. The third-order valence-corrected chi connectivity index (χ3v) is 3.42. The largest absolute Gasteiger partial charge is 0.495 e. The molecule has 0 spiro atoms. The first-order valence-corrected chi connectivity index (χ1v) is 6.66. The van der Waals surface area contributed by atoms with Crippen molar-refractivity contribution in [2.24, 2.45) is 0 Å². The van der Waals surface area contributed by atoms with Crippen molar-refractivity contribution in [2.45, 2.75) is 19.3 Å². The molecule has 1 fully saturated rings. The molecule has 0 aromatic heterocycles. The molecule has 2 rings (SSSR count). The standard InChI is InChI=1S/C14H21N3O2/c1-19-12-7-5-6-11(14(12)15)16-10-13(18)17-8-3-2-4-9-17/h5-7,16H,2-4,8-10,15H2,1H3. The number of nitrogen functional groups attached to an aromatic ring is 1. The number of nitrogens with one attached hydrogen (secondary N) is 1. The molecular formula is C14H21N3O2. The van der Waals surface area contributed by atoms with Gasteiger partial charge in [-0.3, -0.25) is 4.79 Å². The third kappa shape index (κ3) is 3.30. The second kappa shape index (κ2) is 6.31. The molecular weight excluding hydrogens is 242 g/mol. The number of piperidine rings is 1. The van der Waals surface area contributed by atoms with Crippen LogP contribution in [0.2, 0.25) is 0 Å². The average Bonchev–Trinajstić information content (AvgIpc) is 2.47. The lowest BCUT2D eigenvalue weighted by Crippen LogP contribution is -2.39. The summed E-state index contributed by atoms with van der Waals surface area (Å²) in [7, 11) is 1.58. The molecule has 1 amide bonds. The number of nitrogens with zero attached hydrogens (tertiary/aromatic N) is 1. The Morgan fingerprint density at radius 3 is 2.79 bits per heavy atom. The van der Waals surface area contributed by atoms with Gasteiger partial charge in [-0.25, -0.2) is 0 Å². The van der Waals surface area contributed by atoms with Crippen molar-refractivity contribution >= 4 is 17.3 Å². The Bertz CT molecular complexity index is 442. The quantitative estimate of drug-likeness (QED) is 0.811. The highest BCUT2D eigenvalue weighted by molar-refractivity contribution is 5.83. The number of likely N-dealkylation sites (tertiary alicyclic amines) is 1. The fourth-order valence-electron chi connectivity index (χ4n) is 2.30. The molecule has 3 N–H and O–H groups in total. The Morgan fingerprint density at radius 1 is 1.37 bits per heavy atom. The predicted molar refractivity (Wildman–Crippen MR) is 76.3 cm³/mol. The first-order valence-electron chi connectivity index (χ1n) is 6.66. The summed E-state index contributed by atoms with van der Waals surface area (Å²) in [4.78, 5) is 13.9. The number of benzene rings is 1. The molecule has 5 nitrogen and oxygen atoms in total. The molecule has 1 aliphatic heterocycles. The molecule has 1 saturated heterocycles. The number of rotatable bonds is 4. The minimum Gasteiger partial charge on any atom is -0.495 e. The second-order valence-corrected chi connectivity index (χ2v) is 4.72. The van der Waals surface area contributed by atoms with Crippen molar-refractivity contribution in [1.82, 2.24) is 4.90 Å². The summed E-state index contributed by atoms with van der Waals surface area (Å²) in [5, 5.41) is 3.09. The number of carbonyl (C=O) groups excluding carboxylic acids is 1. The lowest BCUT2D eigenvalue weighted by Gasteiger charge is -2.27. The molecule has 1 aromatic carbocycles. The molecule has 0 aliphatic carbocycles. The number of amides is 1. The minimum absolute atomic E-state index is 0.127. The van der Waals surface area contributed by atoms with Crippen LogP contribution in [0.1, 0.15) is 19.3 Å². The van der Waals surface area contributed by atoms with E-state index in [2.05, 4.69) is 5.32 Å². The van der Waals surface area contributed by atoms with Gasteiger partial charge in [0.25, 0.3) is 0 Å². The summed E-state index contributed by atoms with van der Waals surface area (Å²) in [6, 6.07) is 5.50. The minimum atomic E-state index is 0.127. The monoisotopic (exact) mass is 263 g/mol. The van der Waals surface area contributed by atoms with E-state index < -0.39 is 0 Å². The molecule has 0 atom stereocenters. The van der Waals surface area contributed by atoms with E-state index in [-0.39, 0.29) is 12.5 Å². The molecule has 0 saturated carbocycles. The van der Waals surface area contributed by atoms with Crippen LogP contribution in [0.3, 0.4) is 0 Å². The Kier molecular flexibility index (Phi) is 4.49. The maximum Gasteiger partial charge on any atom is 0.241 e. The molecule has 1 aromatic rings. The maximum absolute atomic E-state index is 12.0. The molecule has 1 aliphatic rings. The number of carbonyl (C=O) groups is 1. The second-order valence-electron chi connectivity index (χ2n) is 4.72. The number of ether oxygens (including phenoxy) is 1. The van der Waals surface area contributed by atoms with E-state index in [1.165, 1.54) is 6.42 Å². The van der Waals surface area contributed by atoms with Crippen molar-refractivity contribution in [3.8, 4) is 5.75 Å². The van der Waals surface area contributed by atoms with Crippen LogP contribution in [-0.2, 0) is 4.79 Å². The normalized spacial score (nSPS) is 15.1. The summed E-state index contributed by atoms with van der Waals surface area (Å²) in [6.07, 6.45) is 3.43. The molecule has 1 heterocycles. The van der Waals surface area contributed by atoms with Crippen LogP contribution >= 0.6 is 0 Å². The van der Waals surface area contributed by atoms with Crippen LogP contribution in [0.25, 0.3) is 0 Å². The van der Waals surface area contributed by atoms with Gasteiger partial charge < -0.3 is 20.7 Å². The van der Waals surface area contributed by atoms with Crippen molar-refractivity contribution < 1.29 is 9.53 Å². The van der Waals surface area contributed by atoms with Gasteiger partial charge in [0.05, 0.1) is 25.0 Å². The molecule has 104 valence electrons. The smallest absolute Gasteiger partial charge is 0.241 e. The molecule has 0 radical (unpaired) electrons. The number of para-hydroxylation sites is 1. The first kappa shape index (κ1) is 13.5. The lowest BCUT2D eigenvalue weighted by atomic mass is 10.1. The van der Waals surface area contributed by atoms with E-state index in [4.69, 9.17) is 10.5 Å². The average molecular weight is 263 g/mol. The topological polar surface area (TPSA) is 67.6 Å². The molecule has 0 bridgehead atoms. The maximum atomic E-state index is 12.0. The first-order chi connectivity index (χ1) is 9.22. The zero-order valence-electron chi connectivity index (χ0n) is 11.3. The Balaban J connectivity index is 1.93. The van der Waals surface area contributed by atoms with Crippen molar-refractivity contribution in [2.75, 3.05) is 37.8 Å². The van der Waals surface area contributed by atoms with Gasteiger partial charge in [0.15, 0.2) is 0 Å². The fraction of sp³-hybridized carbons (Fsp3) is 0.500. The Morgan fingerprint density at radius 2 is 2.11 bits per heavy atom. The van der Waals surface area contributed by atoms with Gasteiger partial charge >= 0.3 is 0 Å². The van der Waals surface area contributed by atoms with E-state index in [1.807, 2.05) is 17.0 Å². The van der Waals surface area contributed by atoms with Gasteiger partial charge in [0.1, 0.15) is 5.75 Å². The van der Waals surface area contributed by atoms with Crippen molar-refractivity contribution in [3.63, 3.8) is 0 Å². The summed E-state index contributed by atoms with van der Waals surface area (Å²) in [5.74, 6) is 0.748. The van der Waals surface area contributed by atoms with Gasteiger partial charge in [0.2, 0.25) is 5.91 Å². The number of hydrogen-bond donors (Lipinski definition) is 2. The van der Waals surface area contributed by atoms with Gasteiger partial charge in [-0.15, -0.1) is 0 Å². The molecule has 5 heteroatoms. The SMILES string of the molecule is COc1cccc(NCC(=O)N2CCCCC2)c1N. The fourth-order valence-corrected chi connectivity index (χ4v) is 2.30. The highest BCUT2D eigenvalue weighted by Crippen LogP contribution is 2.28. The van der Waals surface area contributed by atoms with Gasteiger partial charge in [0, 0.05) is 13.1 Å². The van der Waals surface area contributed by atoms with E-state index in [1.54, 1.807) is 13.2 Å². The van der Waals surface area contributed by atoms with Crippen LogP contribution in [0, 0.1) is 0 Å². The van der Waals surface area contributed by atoms with E-state index in [0.29, 0.717) is 11.4 Å². The third-order valence-electron chi connectivity index (χ3n) is 3.42. The van der Waals surface area contributed by atoms with Gasteiger partial charge in [-0.05, 0) is 31.4 Å². The van der Waals surface area contributed by atoms with Crippen LogP contribution in [0.4, 0.5) is 11.4 Å². The molecule has 0 unspecified atom stereocenters. The highest BCUT2D eigenvalue weighted by Gasteiger charge is 2.16. The van der Waals surface area contributed by atoms with Gasteiger partial charge in [-0.1, -0.05) is 6.07 Å². The Labute approximate surface area is 113 Å². The number of methoxy groups -OCH3 is 1.